The summed E-state index contributed by atoms with van der Waals surface area (Å²) in [6.45, 7) is 6.13. The Morgan fingerprint density at radius 2 is 2.08 bits per heavy atom. The Morgan fingerprint density at radius 1 is 1.54 bits per heavy atom. The van der Waals surface area contributed by atoms with Crippen molar-refractivity contribution in [1.82, 2.24) is 0 Å². The molecule has 13 heavy (non-hydrogen) atoms. The molecule has 0 rings (SSSR count). The van der Waals surface area contributed by atoms with Crippen LogP contribution in [0, 0.1) is 5.92 Å². The van der Waals surface area contributed by atoms with Crippen LogP contribution in [0.15, 0.2) is 0 Å². The molecule has 0 bridgehead atoms. The number of nitrogens with two attached hydrogens (primary N) is 2. The quantitative estimate of drug-likeness (QED) is 0.606. The van der Waals surface area contributed by atoms with Gasteiger partial charge >= 0.3 is 5.97 Å². The molecule has 0 radical (unpaired) electrons. The molecule has 0 amide bonds. The molecule has 4 N–H and O–H groups in total. The molecular weight excluding hydrogens is 168 g/mol. The largest absolute Gasteiger partial charge is 0.466 e. The summed E-state index contributed by atoms with van der Waals surface area (Å²) in [6.07, 6.45) is 0.702. The van der Waals surface area contributed by atoms with Gasteiger partial charge in [0.05, 0.1) is 12.5 Å². The minimum atomic E-state index is -0.568. The lowest BCUT2D eigenvalue weighted by Gasteiger charge is -2.30. The Bertz CT molecular complexity index is 169. The highest BCUT2D eigenvalue weighted by Gasteiger charge is 2.34. The molecule has 0 aliphatic rings. The molecule has 4 heteroatoms. The predicted octanol–water partition coefficient (Wildman–Crippen LogP) is 0.252. The Morgan fingerprint density at radius 3 is 2.38 bits per heavy atom. The zero-order valence-corrected chi connectivity index (χ0v) is 8.67. The fourth-order valence-corrected chi connectivity index (χ4v) is 1.12. The van der Waals surface area contributed by atoms with E-state index in [9.17, 15) is 4.79 Å². The third-order valence-electron chi connectivity index (χ3n) is 2.36. The van der Waals surface area contributed by atoms with E-state index in [0.29, 0.717) is 13.0 Å². The fraction of sp³-hybridized carbons (Fsp3) is 0.889. The van der Waals surface area contributed by atoms with Crippen molar-refractivity contribution in [3.63, 3.8) is 0 Å². The van der Waals surface area contributed by atoms with Crippen molar-refractivity contribution in [2.75, 3.05) is 13.2 Å². The SMILES string of the molecule is CCOC(=O)[C@@H](CN)[C@@](C)(N)CC. The Hall–Kier alpha value is -0.610. The highest BCUT2D eigenvalue weighted by atomic mass is 16.5. The van der Waals surface area contributed by atoms with Crippen molar-refractivity contribution < 1.29 is 9.53 Å². The lowest BCUT2D eigenvalue weighted by atomic mass is 9.84. The van der Waals surface area contributed by atoms with Crippen LogP contribution in [0.25, 0.3) is 0 Å². The number of rotatable bonds is 5. The van der Waals surface area contributed by atoms with Gasteiger partial charge in [0, 0.05) is 12.1 Å². The van der Waals surface area contributed by atoms with Gasteiger partial charge in [-0.1, -0.05) is 6.92 Å². The van der Waals surface area contributed by atoms with Crippen LogP contribution in [0.3, 0.4) is 0 Å². The zero-order chi connectivity index (χ0) is 10.5. The van der Waals surface area contributed by atoms with Crippen molar-refractivity contribution in [2.24, 2.45) is 17.4 Å². The van der Waals surface area contributed by atoms with Gasteiger partial charge in [0.2, 0.25) is 0 Å². The number of hydrogen-bond donors (Lipinski definition) is 2. The summed E-state index contributed by atoms with van der Waals surface area (Å²) in [5, 5.41) is 0. The van der Waals surface area contributed by atoms with Gasteiger partial charge in [0.25, 0.3) is 0 Å². The molecule has 0 unspecified atom stereocenters. The molecule has 0 aliphatic carbocycles. The van der Waals surface area contributed by atoms with E-state index in [1.807, 2.05) is 13.8 Å². The van der Waals surface area contributed by atoms with E-state index in [4.69, 9.17) is 16.2 Å². The van der Waals surface area contributed by atoms with Crippen LogP contribution in [-0.2, 0) is 9.53 Å². The van der Waals surface area contributed by atoms with Gasteiger partial charge in [-0.2, -0.15) is 0 Å². The first-order valence-electron chi connectivity index (χ1n) is 4.65. The number of carbonyl (C=O) groups excluding carboxylic acids is 1. The van der Waals surface area contributed by atoms with E-state index in [2.05, 4.69) is 0 Å². The Kier molecular flexibility index (Phi) is 4.95. The smallest absolute Gasteiger partial charge is 0.312 e. The lowest BCUT2D eigenvalue weighted by molar-refractivity contribution is -0.149. The molecule has 0 fully saturated rings. The first kappa shape index (κ1) is 12.4. The number of ether oxygens (including phenoxy) is 1. The number of esters is 1. The molecular formula is C9H20N2O2. The van der Waals surface area contributed by atoms with Crippen molar-refractivity contribution in [2.45, 2.75) is 32.7 Å². The van der Waals surface area contributed by atoms with E-state index in [1.54, 1.807) is 6.92 Å². The van der Waals surface area contributed by atoms with Crippen LogP contribution in [0.2, 0.25) is 0 Å². The van der Waals surface area contributed by atoms with Crippen LogP contribution in [0.4, 0.5) is 0 Å². The summed E-state index contributed by atoms with van der Waals surface area (Å²) in [5.74, 6) is -0.700. The van der Waals surface area contributed by atoms with Gasteiger partial charge in [0.15, 0.2) is 0 Å². The van der Waals surface area contributed by atoms with Gasteiger partial charge in [-0.3, -0.25) is 4.79 Å². The number of carbonyl (C=O) groups is 1. The van der Waals surface area contributed by atoms with Crippen molar-refractivity contribution in [3.8, 4) is 0 Å². The minimum absolute atomic E-state index is 0.236. The van der Waals surface area contributed by atoms with Gasteiger partial charge in [-0.25, -0.2) is 0 Å². The standard InChI is InChI=1S/C9H20N2O2/c1-4-9(3,11)7(6-10)8(12)13-5-2/h7H,4-6,10-11H2,1-3H3/t7-,9+/m1/s1. The van der Waals surface area contributed by atoms with Crippen LogP contribution in [0.1, 0.15) is 27.2 Å². The Labute approximate surface area is 79.6 Å². The molecule has 0 aromatic heterocycles. The van der Waals surface area contributed by atoms with Crippen LogP contribution in [-0.4, -0.2) is 24.7 Å². The second-order valence-corrected chi connectivity index (χ2v) is 3.40. The first-order chi connectivity index (χ1) is 5.99. The summed E-state index contributed by atoms with van der Waals surface area (Å²) >= 11 is 0. The van der Waals surface area contributed by atoms with Gasteiger partial charge in [0.1, 0.15) is 0 Å². The van der Waals surface area contributed by atoms with Gasteiger partial charge < -0.3 is 16.2 Å². The maximum atomic E-state index is 11.4. The maximum Gasteiger partial charge on any atom is 0.312 e. The topological polar surface area (TPSA) is 78.3 Å². The average molecular weight is 188 g/mol. The molecule has 0 saturated heterocycles. The van der Waals surface area contributed by atoms with E-state index in [0.717, 1.165) is 0 Å². The molecule has 2 atom stereocenters. The summed E-state index contributed by atoms with van der Waals surface area (Å²) in [6, 6.07) is 0. The third kappa shape index (κ3) is 3.32. The van der Waals surface area contributed by atoms with Gasteiger partial charge in [-0.05, 0) is 20.3 Å². The summed E-state index contributed by atoms with van der Waals surface area (Å²) < 4.78 is 4.88. The number of hydrogen-bond acceptors (Lipinski definition) is 4. The van der Waals surface area contributed by atoms with Gasteiger partial charge in [-0.15, -0.1) is 0 Å². The van der Waals surface area contributed by atoms with Crippen molar-refractivity contribution in [1.29, 1.82) is 0 Å². The molecule has 0 aliphatic heterocycles. The van der Waals surface area contributed by atoms with E-state index in [-0.39, 0.29) is 12.5 Å². The summed E-state index contributed by atoms with van der Waals surface area (Å²) in [5.41, 5.74) is 10.8. The minimum Gasteiger partial charge on any atom is -0.466 e. The van der Waals surface area contributed by atoms with Crippen LogP contribution < -0.4 is 11.5 Å². The van der Waals surface area contributed by atoms with E-state index in [1.165, 1.54) is 0 Å². The lowest BCUT2D eigenvalue weighted by Crippen LogP contribution is -2.51. The maximum absolute atomic E-state index is 11.4. The van der Waals surface area contributed by atoms with E-state index < -0.39 is 11.5 Å². The molecule has 0 aromatic rings. The summed E-state index contributed by atoms with van der Waals surface area (Å²) in [4.78, 5) is 11.4. The fourth-order valence-electron chi connectivity index (χ4n) is 1.12. The predicted molar refractivity (Wildman–Crippen MR) is 52.1 cm³/mol. The molecule has 0 aromatic carbocycles. The molecule has 0 saturated carbocycles. The molecule has 0 spiro atoms. The van der Waals surface area contributed by atoms with Crippen molar-refractivity contribution >= 4 is 5.97 Å². The summed E-state index contributed by atoms with van der Waals surface area (Å²) in [7, 11) is 0. The highest BCUT2D eigenvalue weighted by Crippen LogP contribution is 2.18. The molecule has 78 valence electrons. The molecule has 0 heterocycles. The highest BCUT2D eigenvalue weighted by molar-refractivity contribution is 5.74. The van der Waals surface area contributed by atoms with E-state index >= 15 is 0 Å². The van der Waals surface area contributed by atoms with Crippen LogP contribution >= 0.6 is 0 Å². The second kappa shape index (κ2) is 5.19. The normalized spacial score (nSPS) is 17.6. The Balaban J connectivity index is 4.40. The zero-order valence-electron chi connectivity index (χ0n) is 8.67. The van der Waals surface area contributed by atoms with Crippen molar-refractivity contribution in [3.05, 3.63) is 0 Å². The monoisotopic (exact) mass is 188 g/mol. The molecule has 4 nitrogen and oxygen atoms in total. The van der Waals surface area contributed by atoms with Crippen LogP contribution in [0.5, 0.6) is 0 Å². The average Bonchev–Trinajstić information content (AvgIpc) is 2.05. The second-order valence-electron chi connectivity index (χ2n) is 3.40. The first-order valence-corrected chi connectivity index (χ1v) is 4.65. The third-order valence-corrected chi connectivity index (χ3v) is 2.36.